The Bertz CT molecular complexity index is 2130. The lowest BCUT2D eigenvalue weighted by Gasteiger charge is -2.24. The van der Waals surface area contributed by atoms with Crippen LogP contribution in [0.25, 0.3) is 33.7 Å². The van der Waals surface area contributed by atoms with E-state index >= 15 is 0 Å². The van der Waals surface area contributed by atoms with Gasteiger partial charge in [0.05, 0.1) is 15.2 Å². The quantitative estimate of drug-likeness (QED) is 0.228. The second kappa shape index (κ2) is 10.9. The number of benzene rings is 3. The second-order valence-electron chi connectivity index (χ2n) is 10.6. The van der Waals surface area contributed by atoms with Gasteiger partial charge in [-0.1, -0.05) is 36.4 Å². The van der Waals surface area contributed by atoms with Crippen molar-refractivity contribution < 1.29 is 31.3 Å². The van der Waals surface area contributed by atoms with Crippen molar-refractivity contribution in [3.05, 3.63) is 107 Å². The molecule has 5 rings (SSSR count). The minimum Gasteiger partial charge on any atom is -0.475 e. The highest BCUT2D eigenvalue weighted by Gasteiger charge is 2.33. The van der Waals surface area contributed by atoms with Gasteiger partial charge in [-0.25, -0.2) is 21.6 Å². The van der Waals surface area contributed by atoms with E-state index < -0.39 is 36.2 Å². The average Bonchev–Trinajstić information content (AvgIpc) is 3.45. The number of aromatic carboxylic acids is 1. The largest absolute Gasteiger partial charge is 0.475 e. The van der Waals surface area contributed by atoms with Crippen LogP contribution in [-0.4, -0.2) is 55.5 Å². The van der Waals surface area contributed by atoms with E-state index in [1.165, 1.54) is 18.4 Å². The van der Waals surface area contributed by atoms with E-state index in [2.05, 4.69) is 15.1 Å². The van der Waals surface area contributed by atoms with Crippen molar-refractivity contribution in [3.8, 4) is 11.1 Å². The SMILES string of the molecule is CC(C)(c1cc(-c2cccc(/C=C(\c3ccc(S(C)(=O)=O)cc3)c3nc(C(=O)O)no3)c2)c2ncccc2c1)S(C)(=O)=O. The number of nitrogens with zero attached hydrogens (tertiary/aromatic N) is 3. The smallest absolute Gasteiger partial charge is 0.377 e. The normalized spacial score (nSPS) is 12.9. The third-order valence-electron chi connectivity index (χ3n) is 7.28. The highest BCUT2D eigenvalue weighted by atomic mass is 32.2. The van der Waals surface area contributed by atoms with Crippen molar-refractivity contribution in [1.82, 2.24) is 15.1 Å². The summed E-state index contributed by atoms with van der Waals surface area (Å²) in [5.74, 6) is -1.95. The van der Waals surface area contributed by atoms with Gasteiger partial charge in [0.1, 0.15) is 0 Å². The summed E-state index contributed by atoms with van der Waals surface area (Å²) in [5.41, 5.74) is 4.35. The van der Waals surface area contributed by atoms with Crippen LogP contribution in [-0.2, 0) is 24.4 Å². The highest BCUT2D eigenvalue weighted by Crippen LogP contribution is 2.37. The van der Waals surface area contributed by atoms with E-state index in [4.69, 9.17) is 4.52 Å². The molecule has 0 saturated heterocycles. The monoisotopic (exact) mass is 617 g/mol. The summed E-state index contributed by atoms with van der Waals surface area (Å²) in [6.45, 7) is 3.33. The number of hydrogen-bond acceptors (Lipinski definition) is 9. The highest BCUT2D eigenvalue weighted by molar-refractivity contribution is 7.91. The van der Waals surface area contributed by atoms with E-state index in [0.29, 0.717) is 27.8 Å². The predicted molar refractivity (Wildman–Crippen MR) is 163 cm³/mol. The lowest BCUT2D eigenvalue weighted by Crippen LogP contribution is -2.28. The molecule has 0 saturated carbocycles. The first-order valence-electron chi connectivity index (χ1n) is 12.9. The number of aromatic nitrogens is 3. The fraction of sp³-hybridized carbons (Fsp3) is 0.161. The maximum atomic E-state index is 12.7. The molecule has 0 aliphatic heterocycles. The first kappa shape index (κ1) is 29.8. The molecule has 0 amide bonds. The molecular formula is C31H27N3O7S2. The molecule has 0 spiro atoms. The zero-order valence-corrected chi connectivity index (χ0v) is 25.3. The van der Waals surface area contributed by atoms with E-state index in [0.717, 1.165) is 22.8 Å². The minimum absolute atomic E-state index is 0.0704. The third-order valence-corrected chi connectivity index (χ3v) is 10.5. The molecule has 0 radical (unpaired) electrons. The fourth-order valence-electron chi connectivity index (χ4n) is 4.51. The van der Waals surface area contributed by atoms with E-state index in [9.17, 15) is 26.7 Å². The van der Waals surface area contributed by atoms with Gasteiger partial charge in [0.15, 0.2) is 19.7 Å². The van der Waals surface area contributed by atoms with Crippen LogP contribution in [0.2, 0.25) is 0 Å². The average molecular weight is 618 g/mol. The summed E-state index contributed by atoms with van der Waals surface area (Å²) >= 11 is 0. The molecule has 3 aromatic carbocycles. The number of carboxylic acid groups (broad SMARTS) is 1. The van der Waals surface area contributed by atoms with Crippen molar-refractivity contribution in [3.63, 3.8) is 0 Å². The summed E-state index contributed by atoms with van der Waals surface area (Å²) < 4.78 is 53.5. The topological polar surface area (TPSA) is 157 Å². The van der Waals surface area contributed by atoms with Crippen molar-refractivity contribution in [1.29, 1.82) is 0 Å². The lowest BCUT2D eigenvalue weighted by atomic mass is 9.92. The number of carboxylic acids is 1. The molecule has 10 nitrogen and oxygen atoms in total. The molecule has 0 atom stereocenters. The fourth-order valence-corrected chi connectivity index (χ4v) is 5.68. The van der Waals surface area contributed by atoms with Crippen LogP contribution in [0, 0.1) is 0 Å². The molecule has 2 heterocycles. The van der Waals surface area contributed by atoms with Crippen molar-refractivity contribution in [2.24, 2.45) is 0 Å². The molecule has 0 aliphatic carbocycles. The standard InChI is InChI=1S/C31H27N3O7S2/c1-31(2,43(4,39)40)23-17-22-9-6-14-32-27(22)25(18-23)21-8-5-7-19(15-21)16-26(29-33-28(30(35)36)34-41-29)20-10-12-24(13-11-20)42(3,37)38/h5-18H,1-4H3,(H,35,36)/b26-16+. The maximum Gasteiger partial charge on any atom is 0.377 e. The van der Waals surface area contributed by atoms with Gasteiger partial charge in [-0.2, -0.15) is 4.98 Å². The summed E-state index contributed by atoms with van der Waals surface area (Å²) in [5, 5.41) is 13.6. The van der Waals surface area contributed by atoms with Crippen molar-refractivity contribution >= 4 is 48.2 Å². The number of hydrogen-bond donors (Lipinski definition) is 1. The van der Waals surface area contributed by atoms with E-state index in [1.54, 1.807) is 44.3 Å². The van der Waals surface area contributed by atoms with Gasteiger partial charge in [-0.3, -0.25) is 4.98 Å². The van der Waals surface area contributed by atoms with Crippen LogP contribution >= 0.6 is 0 Å². The summed E-state index contributed by atoms with van der Waals surface area (Å²) in [4.78, 5) is 20.1. The van der Waals surface area contributed by atoms with Crippen LogP contribution in [0.1, 0.15) is 47.0 Å². The molecule has 0 fully saturated rings. The summed E-state index contributed by atoms with van der Waals surface area (Å²) in [6, 6.07) is 20.8. The number of pyridine rings is 1. The molecule has 5 aromatic rings. The number of carbonyl (C=O) groups is 1. The van der Waals surface area contributed by atoms with Crippen LogP contribution in [0.3, 0.4) is 0 Å². The molecular weight excluding hydrogens is 590 g/mol. The predicted octanol–water partition coefficient (Wildman–Crippen LogP) is 5.26. The van der Waals surface area contributed by atoms with Crippen LogP contribution in [0.5, 0.6) is 0 Å². The Morgan fingerprint density at radius 1 is 0.930 bits per heavy atom. The summed E-state index contributed by atoms with van der Waals surface area (Å²) in [7, 11) is -6.90. The number of fused-ring (bicyclic) bond motifs is 1. The maximum absolute atomic E-state index is 12.7. The van der Waals surface area contributed by atoms with Crippen LogP contribution < -0.4 is 0 Å². The van der Waals surface area contributed by atoms with E-state index in [-0.39, 0.29) is 10.8 Å². The van der Waals surface area contributed by atoms with Gasteiger partial charge < -0.3 is 9.63 Å². The molecule has 0 unspecified atom stereocenters. The Labute approximate surface area is 248 Å². The Hall–Kier alpha value is -4.68. The van der Waals surface area contributed by atoms with Gasteiger partial charge in [0.25, 0.3) is 11.7 Å². The number of rotatable bonds is 8. The van der Waals surface area contributed by atoms with Crippen molar-refractivity contribution in [2.75, 3.05) is 12.5 Å². The first-order valence-corrected chi connectivity index (χ1v) is 16.7. The Morgan fingerprint density at radius 2 is 1.65 bits per heavy atom. The Morgan fingerprint density at radius 3 is 2.28 bits per heavy atom. The van der Waals surface area contributed by atoms with Gasteiger partial charge in [-0.05, 0) is 83.7 Å². The Kier molecular flexibility index (Phi) is 7.53. The van der Waals surface area contributed by atoms with E-state index in [1.807, 2.05) is 42.5 Å². The lowest BCUT2D eigenvalue weighted by molar-refractivity contribution is 0.0680. The Balaban J connectivity index is 1.69. The zero-order valence-electron chi connectivity index (χ0n) is 23.6. The molecule has 0 aliphatic rings. The molecule has 1 N–H and O–H groups in total. The van der Waals surface area contributed by atoms with Crippen LogP contribution in [0.15, 0.2) is 88.4 Å². The van der Waals surface area contributed by atoms with Gasteiger partial charge >= 0.3 is 5.97 Å². The van der Waals surface area contributed by atoms with Crippen LogP contribution in [0.4, 0.5) is 0 Å². The molecule has 0 bridgehead atoms. The molecule has 43 heavy (non-hydrogen) atoms. The molecule has 12 heteroatoms. The molecule has 220 valence electrons. The number of sulfone groups is 2. The third kappa shape index (κ3) is 5.97. The minimum atomic E-state index is -3.46. The van der Waals surface area contributed by atoms with Crippen molar-refractivity contribution in [2.45, 2.75) is 23.5 Å². The zero-order chi connectivity index (χ0) is 31.2. The summed E-state index contributed by atoms with van der Waals surface area (Å²) in [6.07, 6.45) is 5.71. The second-order valence-corrected chi connectivity index (χ2v) is 15.2. The van der Waals surface area contributed by atoms with Gasteiger partial charge in [0, 0.05) is 35.2 Å². The molecule has 2 aromatic heterocycles. The first-order chi connectivity index (χ1) is 20.1. The van der Waals surface area contributed by atoms with Gasteiger partial charge in [-0.15, -0.1) is 0 Å². The van der Waals surface area contributed by atoms with Gasteiger partial charge in [0.2, 0.25) is 0 Å².